The van der Waals surface area contributed by atoms with Gasteiger partial charge in [0.15, 0.2) is 0 Å². The summed E-state index contributed by atoms with van der Waals surface area (Å²) in [5.74, 6) is 0.295. The molecular weight excluding hydrogens is 274 g/mol. The minimum Gasteiger partial charge on any atom is -0.345 e. The maximum absolute atomic E-state index is 12.0. The predicted molar refractivity (Wildman–Crippen MR) is 75.7 cm³/mol. The summed E-state index contributed by atoms with van der Waals surface area (Å²) in [6.07, 6.45) is 0. The molecule has 0 aliphatic rings. The van der Waals surface area contributed by atoms with Gasteiger partial charge in [-0.3, -0.25) is 4.79 Å². The average Bonchev–Trinajstić information content (AvgIpc) is 3.04. The van der Waals surface area contributed by atoms with Crippen LogP contribution in [0.3, 0.4) is 0 Å². The van der Waals surface area contributed by atoms with Crippen LogP contribution >= 0.6 is 11.3 Å². The molecule has 102 valence electrons. The van der Waals surface area contributed by atoms with Crippen LogP contribution in [-0.2, 0) is 6.54 Å². The van der Waals surface area contributed by atoms with Crippen LogP contribution in [0.4, 0.5) is 0 Å². The third kappa shape index (κ3) is 2.39. The number of carbonyl (C=O) groups is 1. The van der Waals surface area contributed by atoms with E-state index in [1.54, 1.807) is 15.9 Å². The molecule has 3 heterocycles. The van der Waals surface area contributed by atoms with E-state index in [0.717, 1.165) is 17.0 Å². The second-order valence-corrected chi connectivity index (χ2v) is 5.28. The summed E-state index contributed by atoms with van der Waals surface area (Å²) in [7, 11) is 0. The second kappa shape index (κ2) is 5.01. The summed E-state index contributed by atoms with van der Waals surface area (Å²) in [5.41, 5.74) is 2.82. The van der Waals surface area contributed by atoms with Crippen LogP contribution < -0.4 is 5.32 Å². The van der Waals surface area contributed by atoms with Crippen LogP contribution in [0.2, 0.25) is 0 Å². The molecule has 1 N–H and O–H groups in total. The Bertz CT molecular complexity index is 763. The number of aryl methyl sites for hydroxylation is 2. The first-order valence-corrected chi connectivity index (χ1v) is 7.08. The summed E-state index contributed by atoms with van der Waals surface area (Å²) < 4.78 is 1.58. The van der Waals surface area contributed by atoms with Crippen molar-refractivity contribution in [2.75, 3.05) is 0 Å². The molecule has 0 bridgehead atoms. The van der Waals surface area contributed by atoms with E-state index >= 15 is 0 Å². The van der Waals surface area contributed by atoms with E-state index in [2.05, 4.69) is 20.4 Å². The molecule has 0 spiro atoms. The zero-order valence-electron chi connectivity index (χ0n) is 11.1. The van der Waals surface area contributed by atoms with Gasteiger partial charge in [-0.25, -0.2) is 9.50 Å². The number of amides is 1. The number of rotatable bonds is 3. The van der Waals surface area contributed by atoms with Crippen LogP contribution in [0.5, 0.6) is 0 Å². The molecule has 0 fully saturated rings. The third-order valence-electron chi connectivity index (χ3n) is 2.85. The number of fused-ring (bicyclic) bond motifs is 1. The van der Waals surface area contributed by atoms with Crippen molar-refractivity contribution in [2.24, 2.45) is 0 Å². The molecule has 3 aromatic rings. The molecule has 0 aromatic carbocycles. The fraction of sp³-hybridized carbons (Fsp3) is 0.231. The maximum Gasteiger partial charge on any atom is 0.291 e. The van der Waals surface area contributed by atoms with Crippen molar-refractivity contribution in [3.8, 4) is 0 Å². The highest BCUT2D eigenvalue weighted by Gasteiger charge is 2.14. The van der Waals surface area contributed by atoms with Crippen molar-refractivity contribution >= 4 is 23.0 Å². The van der Waals surface area contributed by atoms with Gasteiger partial charge in [0.1, 0.15) is 0 Å². The Morgan fingerprint density at radius 3 is 3.00 bits per heavy atom. The lowest BCUT2D eigenvalue weighted by atomic mass is 10.3. The number of hydrogen-bond acceptors (Lipinski definition) is 5. The SMILES string of the molecule is Cc1cc(C)n2nc(C(=O)NCc3ccsc3)nc2n1. The van der Waals surface area contributed by atoms with Crippen LogP contribution in [0.1, 0.15) is 27.6 Å². The highest BCUT2D eigenvalue weighted by molar-refractivity contribution is 7.07. The van der Waals surface area contributed by atoms with Crippen molar-refractivity contribution in [3.63, 3.8) is 0 Å². The Morgan fingerprint density at radius 2 is 2.25 bits per heavy atom. The molecule has 20 heavy (non-hydrogen) atoms. The van der Waals surface area contributed by atoms with Gasteiger partial charge in [0, 0.05) is 17.9 Å². The number of nitrogens with one attached hydrogen (secondary N) is 1. The molecule has 3 aromatic heterocycles. The van der Waals surface area contributed by atoms with Crippen LogP contribution in [0, 0.1) is 13.8 Å². The van der Waals surface area contributed by atoms with Gasteiger partial charge in [-0.2, -0.15) is 16.3 Å². The number of thiophene rings is 1. The van der Waals surface area contributed by atoms with Crippen LogP contribution in [0.15, 0.2) is 22.9 Å². The fourth-order valence-electron chi connectivity index (χ4n) is 1.92. The van der Waals surface area contributed by atoms with Crippen molar-refractivity contribution in [1.82, 2.24) is 24.9 Å². The van der Waals surface area contributed by atoms with Gasteiger partial charge < -0.3 is 5.32 Å². The lowest BCUT2D eigenvalue weighted by molar-refractivity contribution is 0.0941. The highest BCUT2D eigenvalue weighted by Crippen LogP contribution is 2.07. The minimum absolute atomic E-state index is 0.140. The summed E-state index contributed by atoms with van der Waals surface area (Å²) in [4.78, 5) is 20.5. The largest absolute Gasteiger partial charge is 0.345 e. The van der Waals surface area contributed by atoms with Gasteiger partial charge in [0.2, 0.25) is 5.82 Å². The molecular formula is C13H13N5OS. The molecule has 1 amide bonds. The van der Waals surface area contributed by atoms with Gasteiger partial charge >= 0.3 is 0 Å². The average molecular weight is 287 g/mol. The van der Waals surface area contributed by atoms with Crippen molar-refractivity contribution in [1.29, 1.82) is 0 Å². The molecule has 0 aliphatic heterocycles. The monoisotopic (exact) mass is 287 g/mol. The Labute approximate surface area is 119 Å². The lowest BCUT2D eigenvalue weighted by Gasteiger charge is -1.99. The first-order chi connectivity index (χ1) is 9.63. The molecule has 0 radical (unpaired) electrons. The van der Waals surface area contributed by atoms with E-state index in [0.29, 0.717) is 12.3 Å². The van der Waals surface area contributed by atoms with Crippen LogP contribution in [-0.4, -0.2) is 25.5 Å². The fourth-order valence-corrected chi connectivity index (χ4v) is 2.59. The van der Waals surface area contributed by atoms with Gasteiger partial charge in [-0.1, -0.05) is 0 Å². The summed E-state index contributed by atoms with van der Waals surface area (Å²) >= 11 is 1.60. The second-order valence-electron chi connectivity index (χ2n) is 4.50. The Kier molecular flexibility index (Phi) is 3.19. The van der Waals surface area contributed by atoms with Crippen LogP contribution in [0.25, 0.3) is 5.78 Å². The first kappa shape index (κ1) is 12.7. The number of nitrogens with zero attached hydrogens (tertiary/aromatic N) is 4. The summed E-state index contributed by atoms with van der Waals surface area (Å²) in [6.45, 7) is 4.27. The smallest absolute Gasteiger partial charge is 0.291 e. The van der Waals surface area contributed by atoms with Crippen molar-refractivity contribution < 1.29 is 4.79 Å². The standard InChI is InChI=1S/C13H13N5OS/c1-8-5-9(2)18-13(15-8)16-11(17-18)12(19)14-6-10-3-4-20-7-10/h3-5,7H,6H2,1-2H3,(H,14,19). The molecule has 0 atom stereocenters. The number of hydrogen-bond donors (Lipinski definition) is 1. The van der Waals surface area contributed by atoms with E-state index in [1.165, 1.54) is 0 Å². The van der Waals surface area contributed by atoms with Crippen molar-refractivity contribution in [2.45, 2.75) is 20.4 Å². The third-order valence-corrected chi connectivity index (χ3v) is 3.59. The lowest BCUT2D eigenvalue weighted by Crippen LogP contribution is -2.23. The zero-order chi connectivity index (χ0) is 14.1. The Morgan fingerprint density at radius 1 is 1.40 bits per heavy atom. The molecule has 7 heteroatoms. The Balaban J connectivity index is 1.83. The highest BCUT2D eigenvalue weighted by atomic mass is 32.1. The molecule has 0 aliphatic carbocycles. The van der Waals surface area contributed by atoms with E-state index in [4.69, 9.17) is 0 Å². The molecule has 0 unspecified atom stereocenters. The van der Waals surface area contributed by atoms with Gasteiger partial charge in [-0.05, 0) is 42.3 Å². The summed E-state index contributed by atoms with van der Waals surface area (Å²) in [5, 5.41) is 11.0. The zero-order valence-corrected chi connectivity index (χ0v) is 11.9. The minimum atomic E-state index is -0.293. The quantitative estimate of drug-likeness (QED) is 0.796. The van der Waals surface area contributed by atoms with E-state index in [1.807, 2.05) is 36.7 Å². The first-order valence-electron chi connectivity index (χ1n) is 6.14. The van der Waals surface area contributed by atoms with Gasteiger partial charge in [0.05, 0.1) is 0 Å². The van der Waals surface area contributed by atoms with Gasteiger partial charge in [0.25, 0.3) is 11.7 Å². The molecule has 6 nitrogen and oxygen atoms in total. The van der Waals surface area contributed by atoms with E-state index in [9.17, 15) is 4.79 Å². The van der Waals surface area contributed by atoms with E-state index in [-0.39, 0.29) is 11.7 Å². The summed E-state index contributed by atoms with van der Waals surface area (Å²) in [6, 6.07) is 3.87. The predicted octanol–water partition coefficient (Wildman–Crippen LogP) is 1.73. The number of aromatic nitrogens is 4. The molecule has 0 saturated heterocycles. The van der Waals surface area contributed by atoms with E-state index < -0.39 is 0 Å². The molecule has 3 rings (SSSR count). The molecule has 0 saturated carbocycles. The van der Waals surface area contributed by atoms with Gasteiger partial charge in [-0.15, -0.1) is 5.10 Å². The topological polar surface area (TPSA) is 72.2 Å². The number of carbonyl (C=O) groups excluding carboxylic acids is 1. The van der Waals surface area contributed by atoms with Crippen molar-refractivity contribution in [3.05, 3.63) is 45.7 Å². The Hall–Kier alpha value is -2.28. The normalized spacial score (nSPS) is 10.9. The maximum atomic E-state index is 12.0.